The number of rotatable bonds is 4. The molecule has 20 heavy (non-hydrogen) atoms. The molecule has 0 radical (unpaired) electrons. The number of hydrogen-bond acceptors (Lipinski definition) is 2. The van der Waals surface area contributed by atoms with E-state index >= 15 is 0 Å². The minimum Gasteiger partial charge on any atom is -0.357 e. The Bertz CT molecular complexity index is 547. The number of aliphatic imine (C=N–C) groups is 1. The van der Waals surface area contributed by atoms with E-state index in [0.29, 0.717) is 29.0 Å². The highest BCUT2D eigenvalue weighted by Gasteiger charge is 2.33. The lowest BCUT2D eigenvalue weighted by atomic mass is 10.1. The zero-order valence-electron chi connectivity index (χ0n) is 11.8. The maximum Gasteiger partial charge on any atom is 0.191 e. The van der Waals surface area contributed by atoms with Crippen LogP contribution in [0.2, 0.25) is 0 Å². The van der Waals surface area contributed by atoms with Crippen LogP contribution in [0.5, 0.6) is 0 Å². The lowest BCUT2D eigenvalue weighted by molar-refractivity contribution is 0.609. The Hall–Kier alpha value is -2.09. The number of nitrogens with zero attached hydrogens (tertiary/aromatic N) is 2. The zero-order valence-corrected chi connectivity index (χ0v) is 11.8. The standard InChI is InChI=1S/C15H19FN4/c1-3-18-15(20-14-6-10(14)2)19-9-12-5-4-11(8-17)7-13(12)16/h4-5,7,10,14H,3,6,9H2,1-2H3,(H2,18,19,20). The average Bonchev–Trinajstić information content (AvgIpc) is 3.12. The number of benzene rings is 1. The van der Waals surface area contributed by atoms with E-state index in [-0.39, 0.29) is 12.4 Å². The van der Waals surface area contributed by atoms with Crippen molar-refractivity contribution in [2.75, 3.05) is 6.54 Å². The highest BCUT2D eigenvalue weighted by Crippen LogP contribution is 2.28. The van der Waals surface area contributed by atoms with Gasteiger partial charge in [0, 0.05) is 18.2 Å². The highest BCUT2D eigenvalue weighted by molar-refractivity contribution is 5.80. The first-order valence-corrected chi connectivity index (χ1v) is 6.87. The van der Waals surface area contributed by atoms with Crippen LogP contribution in [-0.2, 0) is 6.54 Å². The van der Waals surface area contributed by atoms with E-state index in [0.717, 1.165) is 13.0 Å². The summed E-state index contributed by atoms with van der Waals surface area (Å²) in [5.41, 5.74) is 0.817. The maximum absolute atomic E-state index is 13.7. The van der Waals surface area contributed by atoms with Crippen LogP contribution in [0.25, 0.3) is 0 Å². The number of halogens is 1. The zero-order chi connectivity index (χ0) is 14.5. The number of guanidine groups is 1. The van der Waals surface area contributed by atoms with Crippen LogP contribution in [0.15, 0.2) is 23.2 Å². The fourth-order valence-corrected chi connectivity index (χ4v) is 1.93. The van der Waals surface area contributed by atoms with Crippen LogP contribution < -0.4 is 10.6 Å². The molecule has 1 aromatic rings. The summed E-state index contributed by atoms with van der Waals surface area (Å²) in [6.45, 7) is 5.20. The van der Waals surface area contributed by atoms with Crippen LogP contribution in [0.3, 0.4) is 0 Å². The van der Waals surface area contributed by atoms with E-state index in [1.165, 1.54) is 6.07 Å². The van der Waals surface area contributed by atoms with Gasteiger partial charge < -0.3 is 10.6 Å². The van der Waals surface area contributed by atoms with Crippen molar-refractivity contribution < 1.29 is 4.39 Å². The molecule has 0 amide bonds. The van der Waals surface area contributed by atoms with Crippen molar-refractivity contribution in [1.82, 2.24) is 10.6 Å². The Morgan fingerprint density at radius 2 is 2.30 bits per heavy atom. The van der Waals surface area contributed by atoms with E-state index < -0.39 is 0 Å². The summed E-state index contributed by atoms with van der Waals surface area (Å²) in [6.07, 6.45) is 1.15. The summed E-state index contributed by atoms with van der Waals surface area (Å²) >= 11 is 0. The minimum absolute atomic E-state index is 0.258. The molecule has 2 N–H and O–H groups in total. The summed E-state index contributed by atoms with van der Waals surface area (Å²) in [7, 11) is 0. The lowest BCUT2D eigenvalue weighted by Crippen LogP contribution is -2.39. The Morgan fingerprint density at radius 1 is 1.55 bits per heavy atom. The molecule has 4 nitrogen and oxygen atoms in total. The van der Waals surface area contributed by atoms with Gasteiger partial charge in [-0.05, 0) is 31.4 Å². The predicted octanol–water partition coefficient (Wildman–Crippen LogP) is 2.16. The summed E-state index contributed by atoms with van der Waals surface area (Å²) in [5, 5.41) is 15.2. The first kappa shape index (κ1) is 14.3. The van der Waals surface area contributed by atoms with Gasteiger partial charge in [0.05, 0.1) is 18.2 Å². The summed E-state index contributed by atoms with van der Waals surface area (Å²) in [4.78, 5) is 4.39. The molecule has 0 bridgehead atoms. The van der Waals surface area contributed by atoms with E-state index in [1.807, 2.05) is 13.0 Å². The van der Waals surface area contributed by atoms with Gasteiger partial charge in [-0.2, -0.15) is 5.26 Å². The first-order valence-electron chi connectivity index (χ1n) is 6.87. The molecule has 1 aromatic carbocycles. The Labute approximate surface area is 118 Å². The van der Waals surface area contributed by atoms with E-state index in [9.17, 15) is 4.39 Å². The normalized spacial score (nSPS) is 21.2. The van der Waals surface area contributed by atoms with Crippen LogP contribution >= 0.6 is 0 Å². The van der Waals surface area contributed by atoms with Crippen LogP contribution in [0.4, 0.5) is 4.39 Å². The van der Waals surface area contributed by atoms with Crippen molar-refractivity contribution in [3.8, 4) is 6.07 Å². The van der Waals surface area contributed by atoms with Gasteiger partial charge in [-0.3, -0.25) is 0 Å². The fourth-order valence-electron chi connectivity index (χ4n) is 1.93. The second-order valence-electron chi connectivity index (χ2n) is 5.08. The minimum atomic E-state index is -0.386. The van der Waals surface area contributed by atoms with Crippen molar-refractivity contribution in [2.45, 2.75) is 32.9 Å². The van der Waals surface area contributed by atoms with Gasteiger partial charge in [-0.25, -0.2) is 9.38 Å². The maximum atomic E-state index is 13.7. The SMILES string of the molecule is CCNC(=NCc1ccc(C#N)cc1F)NC1CC1C. The van der Waals surface area contributed by atoms with Gasteiger partial charge in [-0.15, -0.1) is 0 Å². The van der Waals surface area contributed by atoms with Crippen LogP contribution in [0, 0.1) is 23.1 Å². The Balaban J connectivity index is 2.03. The molecule has 2 rings (SSSR count). The lowest BCUT2D eigenvalue weighted by Gasteiger charge is -2.10. The quantitative estimate of drug-likeness (QED) is 0.653. The Morgan fingerprint density at radius 3 is 2.85 bits per heavy atom. The largest absolute Gasteiger partial charge is 0.357 e. The smallest absolute Gasteiger partial charge is 0.191 e. The van der Waals surface area contributed by atoms with Crippen molar-refractivity contribution in [3.63, 3.8) is 0 Å². The van der Waals surface area contributed by atoms with Crippen LogP contribution in [-0.4, -0.2) is 18.5 Å². The topological polar surface area (TPSA) is 60.2 Å². The van der Waals surface area contributed by atoms with Crippen molar-refractivity contribution in [2.24, 2.45) is 10.9 Å². The van der Waals surface area contributed by atoms with Gasteiger partial charge in [-0.1, -0.05) is 13.0 Å². The van der Waals surface area contributed by atoms with Gasteiger partial charge in [0.25, 0.3) is 0 Å². The third-order valence-electron chi connectivity index (χ3n) is 3.37. The molecule has 1 aliphatic carbocycles. The first-order chi connectivity index (χ1) is 9.63. The molecule has 5 heteroatoms. The van der Waals surface area contributed by atoms with Gasteiger partial charge in [0.2, 0.25) is 0 Å². The number of nitriles is 1. The molecule has 0 spiro atoms. The van der Waals surface area contributed by atoms with Crippen molar-refractivity contribution >= 4 is 5.96 Å². The third-order valence-corrected chi connectivity index (χ3v) is 3.37. The molecule has 0 aromatic heterocycles. The molecular formula is C15H19FN4. The molecule has 1 aliphatic rings. The fraction of sp³-hybridized carbons (Fsp3) is 0.467. The molecule has 1 fully saturated rings. The molecule has 0 aliphatic heterocycles. The second kappa shape index (κ2) is 6.38. The highest BCUT2D eigenvalue weighted by atomic mass is 19.1. The van der Waals surface area contributed by atoms with Crippen molar-refractivity contribution in [3.05, 3.63) is 35.1 Å². The molecular weight excluding hydrogens is 255 g/mol. The second-order valence-corrected chi connectivity index (χ2v) is 5.08. The predicted molar refractivity (Wildman–Crippen MR) is 76.6 cm³/mol. The monoisotopic (exact) mass is 274 g/mol. The third kappa shape index (κ3) is 3.70. The number of hydrogen-bond donors (Lipinski definition) is 2. The molecule has 106 valence electrons. The molecule has 0 saturated heterocycles. The summed E-state index contributed by atoms with van der Waals surface area (Å²) < 4.78 is 13.7. The van der Waals surface area contributed by atoms with E-state index in [2.05, 4.69) is 22.5 Å². The Kier molecular flexibility index (Phi) is 4.57. The van der Waals surface area contributed by atoms with Crippen LogP contribution in [0.1, 0.15) is 31.4 Å². The summed E-state index contributed by atoms with van der Waals surface area (Å²) in [5.74, 6) is 1.000. The van der Waals surface area contributed by atoms with Gasteiger partial charge in [0.15, 0.2) is 5.96 Å². The summed E-state index contributed by atoms with van der Waals surface area (Å²) in [6, 6.07) is 6.85. The molecule has 0 heterocycles. The molecule has 2 atom stereocenters. The van der Waals surface area contributed by atoms with E-state index in [4.69, 9.17) is 5.26 Å². The van der Waals surface area contributed by atoms with Gasteiger partial charge in [0.1, 0.15) is 5.82 Å². The van der Waals surface area contributed by atoms with Crippen molar-refractivity contribution in [1.29, 1.82) is 5.26 Å². The van der Waals surface area contributed by atoms with E-state index in [1.54, 1.807) is 12.1 Å². The van der Waals surface area contributed by atoms with Gasteiger partial charge >= 0.3 is 0 Å². The molecule has 2 unspecified atom stereocenters. The number of nitrogens with one attached hydrogen (secondary N) is 2. The average molecular weight is 274 g/mol. The molecule has 1 saturated carbocycles.